The van der Waals surface area contributed by atoms with Gasteiger partial charge in [0.2, 0.25) is 0 Å². The smallest absolute Gasteiger partial charge is 0.147 e. The SMILES string of the molecule is CC(C)C1C(=O)C2CC/C=C\CC/C=C\CCC2C1=O. The van der Waals surface area contributed by atoms with Crippen LogP contribution in [0.3, 0.4) is 0 Å². The van der Waals surface area contributed by atoms with Crippen molar-refractivity contribution in [2.45, 2.75) is 52.4 Å². The molecule has 0 aromatic rings. The molecule has 2 heteroatoms. The van der Waals surface area contributed by atoms with Crippen molar-refractivity contribution < 1.29 is 9.59 Å². The van der Waals surface area contributed by atoms with Crippen LogP contribution in [0.15, 0.2) is 24.3 Å². The van der Waals surface area contributed by atoms with Gasteiger partial charge in [-0.05, 0) is 44.4 Å². The summed E-state index contributed by atoms with van der Waals surface area (Å²) in [5.74, 6) is 0.154. The molecule has 110 valence electrons. The van der Waals surface area contributed by atoms with Crippen LogP contribution in [0.4, 0.5) is 0 Å². The summed E-state index contributed by atoms with van der Waals surface area (Å²) in [6.45, 7) is 3.99. The molecule has 2 atom stereocenters. The summed E-state index contributed by atoms with van der Waals surface area (Å²) in [7, 11) is 0. The van der Waals surface area contributed by atoms with Crippen LogP contribution in [0.5, 0.6) is 0 Å². The van der Waals surface area contributed by atoms with E-state index in [0.29, 0.717) is 0 Å². The molecule has 0 heterocycles. The first-order chi connectivity index (χ1) is 9.63. The van der Waals surface area contributed by atoms with Crippen molar-refractivity contribution in [1.82, 2.24) is 0 Å². The zero-order valence-corrected chi connectivity index (χ0v) is 12.7. The van der Waals surface area contributed by atoms with Crippen molar-refractivity contribution in [2.24, 2.45) is 23.7 Å². The number of hydrogen-bond donors (Lipinski definition) is 0. The summed E-state index contributed by atoms with van der Waals surface area (Å²) >= 11 is 0. The first kappa shape index (κ1) is 15.2. The molecule has 1 fully saturated rings. The topological polar surface area (TPSA) is 34.1 Å². The van der Waals surface area contributed by atoms with Crippen molar-refractivity contribution in [2.75, 3.05) is 0 Å². The van der Waals surface area contributed by atoms with Crippen LogP contribution in [-0.4, -0.2) is 11.6 Å². The van der Waals surface area contributed by atoms with Crippen LogP contribution >= 0.6 is 0 Å². The first-order valence-electron chi connectivity index (χ1n) is 8.00. The number of Topliss-reactive ketones (excluding diaryl/α,β-unsaturated/α-hetero) is 2. The summed E-state index contributed by atoms with van der Waals surface area (Å²) in [5.41, 5.74) is 0. The predicted molar refractivity (Wildman–Crippen MR) is 81.3 cm³/mol. The molecule has 2 nitrogen and oxygen atoms in total. The Morgan fingerprint density at radius 2 is 1.20 bits per heavy atom. The van der Waals surface area contributed by atoms with Crippen molar-refractivity contribution >= 4 is 11.6 Å². The van der Waals surface area contributed by atoms with Gasteiger partial charge in [0.15, 0.2) is 0 Å². The zero-order valence-electron chi connectivity index (χ0n) is 12.7. The van der Waals surface area contributed by atoms with Crippen molar-refractivity contribution in [3.63, 3.8) is 0 Å². The average Bonchev–Trinajstić information content (AvgIpc) is 2.61. The lowest BCUT2D eigenvalue weighted by Gasteiger charge is -2.15. The van der Waals surface area contributed by atoms with Crippen LogP contribution in [0, 0.1) is 23.7 Å². The van der Waals surface area contributed by atoms with E-state index in [0.717, 1.165) is 38.5 Å². The first-order valence-corrected chi connectivity index (χ1v) is 8.00. The fourth-order valence-electron chi connectivity index (χ4n) is 3.56. The van der Waals surface area contributed by atoms with Gasteiger partial charge in [0.05, 0.1) is 5.92 Å². The van der Waals surface area contributed by atoms with Gasteiger partial charge < -0.3 is 0 Å². The largest absolute Gasteiger partial charge is 0.299 e. The third kappa shape index (κ3) is 3.28. The lowest BCUT2D eigenvalue weighted by molar-refractivity contribution is -0.130. The fraction of sp³-hybridized carbons (Fsp3) is 0.667. The minimum absolute atomic E-state index is 0.0348. The van der Waals surface area contributed by atoms with Crippen molar-refractivity contribution in [1.29, 1.82) is 0 Å². The number of allylic oxidation sites excluding steroid dienone is 4. The Balaban J connectivity index is 2.17. The van der Waals surface area contributed by atoms with E-state index in [9.17, 15) is 9.59 Å². The summed E-state index contributed by atoms with van der Waals surface area (Å²) in [5, 5.41) is 0. The Labute approximate surface area is 122 Å². The Hall–Kier alpha value is -1.18. The van der Waals surface area contributed by atoms with E-state index in [1.54, 1.807) is 0 Å². The molecule has 0 aromatic heterocycles. The quantitative estimate of drug-likeness (QED) is 0.532. The minimum Gasteiger partial charge on any atom is -0.299 e. The molecule has 0 amide bonds. The molecule has 0 aromatic carbocycles. The lowest BCUT2D eigenvalue weighted by atomic mass is 9.87. The molecule has 1 saturated carbocycles. The second-order valence-electron chi connectivity index (χ2n) is 6.41. The number of rotatable bonds is 1. The lowest BCUT2D eigenvalue weighted by Crippen LogP contribution is -2.22. The van der Waals surface area contributed by atoms with Crippen molar-refractivity contribution in [3.8, 4) is 0 Å². The monoisotopic (exact) mass is 274 g/mol. The van der Waals surface area contributed by atoms with E-state index in [4.69, 9.17) is 0 Å². The van der Waals surface area contributed by atoms with E-state index in [2.05, 4.69) is 24.3 Å². The molecular weight excluding hydrogens is 248 g/mol. The Bertz CT molecular complexity index is 381. The fourth-order valence-corrected chi connectivity index (χ4v) is 3.56. The minimum atomic E-state index is -0.344. The second-order valence-corrected chi connectivity index (χ2v) is 6.41. The number of carbonyl (C=O) groups excluding carboxylic acids is 2. The maximum atomic E-state index is 12.5. The summed E-state index contributed by atoms with van der Waals surface area (Å²) in [6, 6.07) is 0. The summed E-state index contributed by atoms with van der Waals surface area (Å²) < 4.78 is 0. The van der Waals surface area contributed by atoms with E-state index >= 15 is 0 Å². The molecule has 20 heavy (non-hydrogen) atoms. The van der Waals surface area contributed by atoms with Crippen LogP contribution in [0.1, 0.15) is 52.4 Å². The highest BCUT2D eigenvalue weighted by molar-refractivity contribution is 6.11. The number of ketones is 2. The van der Waals surface area contributed by atoms with E-state index in [1.165, 1.54) is 0 Å². The van der Waals surface area contributed by atoms with Crippen LogP contribution in [0.2, 0.25) is 0 Å². The second kappa shape index (κ2) is 7.01. The summed E-state index contributed by atoms with van der Waals surface area (Å²) in [6.07, 6.45) is 14.4. The van der Waals surface area contributed by atoms with Gasteiger partial charge in [-0.3, -0.25) is 9.59 Å². The number of carbonyl (C=O) groups is 2. The van der Waals surface area contributed by atoms with Crippen LogP contribution in [0.25, 0.3) is 0 Å². The van der Waals surface area contributed by atoms with Crippen LogP contribution < -0.4 is 0 Å². The standard InChI is InChI=1S/C18H26O2/c1-13(2)16-17(19)14-11-9-7-5-3-4-6-8-10-12-15(14)18(16)20/h5-8,13-16H,3-4,9-12H2,1-2H3/b7-5-,8-6-. The van der Waals surface area contributed by atoms with E-state index in [1.807, 2.05) is 13.8 Å². The van der Waals surface area contributed by atoms with Gasteiger partial charge in [0.1, 0.15) is 11.6 Å². The molecule has 0 spiro atoms. The molecule has 0 radical (unpaired) electrons. The van der Waals surface area contributed by atoms with E-state index < -0.39 is 0 Å². The zero-order chi connectivity index (χ0) is 14.5. The predicted octanol–water partition coefficient (Wildman–Crippen LogP) is 4.11. The molecule has 0 aliphatic heterocycles. The molecule has 2 unspecified atom stereocenters. The Kier molecular flexibility index (Phi) is 5.33. The highest BCUT2D eigenvalue weighted by Gasteiger charge is 2.48. The highest BCUT2D eigenvalue weighted by atomic mass is 16.2. The van der Waals surface area contributed by atoms with Crippen molar-refractivity contribution in [3.05, 3.63) is 24.3 Å². The maximum Gasteiger partial charge on any atom is 0.147 e. The number of hydrogen-bond acceptors (Lipinski definition) is 2. The average molecular weight is 274 g/mol. The molecule has 2 rings (SSSR count). The van der Waals surface area contributed by atoms with Gasteiger partial charge >= 0.3 is 0 Å². The molecular formula is C18H26O2. The highest BCUT2D eigenvalue weighted by Crippen LogP contribution is 2.39. The molecule has 0 N–H and O–H groups in total. The normalized spacial score (nSPS) is 35.2. The summed E-state index contributed by atoms with van der Waals surface area (Å²) in [4.78, 5) is 25.1. The van der Waals surface area contributed by atoms with Gasteiger partial charge in [-0.1, -0.05) is 38.2 Å². The van der Waals surface area contributed by atoms with Gasteiger partial charge in [-0.2, -0.15) is 0 Å². The molecule has 2 aliphatic carbocycles. The van der Waals surface area contributed by atoms with Crippen LogP contribution in [-0.2, 0) is 9.59 Å². The van der Waals surface area contributed by atoms with Gasteiger partial charge in [0, 0.05) is 11.8 Å². The number of fused-ring (bicyclic) bond motifs is 1. The maximum absolute atomic E-state index is 12.5. The third-order valence-electron chi connectivity index (χ3n) is 4.62. The third-order valence-corrected chi connectivity index (χ3v) is 4.62. The Morgan fingerprint density at radius 3 is 1.60 bits per heavy atom. The Morgan fingerprint density at radius 1 is 0.800 bits per heavy atom. The molecule has 2 aliphatic rings. The van der Waals surface area contributed by atoms with Gasteiger partial charge in [-0.15, -0.1) is 0 Å². The van der Waals surface area contributed by atoms with E-state index in [-0.39, 0.29) is 35.2 Å². The van der Waals surface area contributed by atoms with Gasteiger partial charge in [-0.25, -0.2) is 0 Å². The molecule has 0 saturated heterocycles. The van der Waals surface area contributed by atoms with Gasteiger partial charge in [0.25, 0.3) is 0 Å². The molecule has 0 bridgehead atoms.